The highest BCUT2D eigenvalue weighted by Gasteiger charge is 2.29. The van der Waals surface area contributed by atoms with Gasteiger partial charge in [0.25, 0.3) is 16.7 Å². The summed E-state index contributed by atoms with van der Waals surface area (Å²) in [5, 5.41) is 5.86. The molecule has 0 spiro atoms. The number of hydrogen-bond donors (Lipinski definition) is 0. The van der Waals surface area contributed by atoms with Crippen LogP contribution in [0.1, 0.15) is 136 Å². The molecule has 0 radical (unpaired) electrons. The first-order valence-electron chi connectivity index (χ1n) is 28.9. The van der Waals surface area contributed by atoms with Crippen LogP contribution in [-0.2, 0) is 19.3 Å². The van der Waals surface area contributed by atoms with Crippen molar-refractivity contribution in [1.82, 2.24) is 43.1 Å². The first-order chi connectivity index (χ1) is 38.8. The summed E-state index contributed by atoms with van der Waals surface area (Å²) < 4.78 is 6.36. The molecule has 9 heterocycles. The standard InChI is InChI=1S/C68H67N9O3/c1-41(32-44-12-11-17-48(36-44)58-38-61(79)73-67-54-21-28-71-64(47-15-7-6-8-16-47)51(54)24-31-76(58)67)33-55-49-22-30-77-59(39-62(80)74-66(77)52(49)19-26-69-55)63-42(2)34-45(35-43(63)3)18-25-68(4,5)40-56-50-23-29-75-57(46-13-9-10-14-46)37-60(78)72-65(75)53(50)20-27-70-56/h6-8,15-16,19-24,26-31,34-35,37-39,41,44,46,48H,9-14,17-18,25,32-33,36,40H2,1-5H3. The van der Waals surface area contributed by atoms with Crippen molar-refractivity contribution < 1.29 is 0 Å². The highest BCUT2D eigenvalue weighted by atomic mass is 16.1. The second-order valence-corrected chi connectivity index (χ2v) is 24.2. The Kier molecular flexibility index (Phi) is 13.3. The number of fused-ring (bicyclic) bond motifs is 9. The van der Waals surface area contributed by atoms with Gasteiger partial charge in [0.1, 0.15) is 16.9 Å². The molecule has 80 heavy (non-hydrogen) atoms. The molecule has 2 fully saturated rings. The maximum Gasteiger partial charge on any atom is 0.273 e. The molecule has 12 nitrogen and oxygen atoms in total. The maximum absolute atomic E-state index is 13.6. The van der Waals surface area contributed by atoms with Gasteiger partial charge in [-0.25, -0.2) is 0 Å². The summed E-state index contributed by atoms with van der Waals surface area (Å²) in [7, 11) is 0. The highest BCUT2D eigenvalue weighted by molar-refractivity contribution is 6.01. The van der Waals surface area contributed by atoms with Crippen molar-refractivity contribution in [3.05, 3.63) is 205 Å². The SMILES string of the molecule is Cc1cc(CCC(C)(C)Cc2nccc3c2ccn2c(C4CCCC4)cc(=O)nc32)cc(C)c1-c1cc(=O)nc2c3ccnc(CC(C)CC4CCCC(c5cc(=O)nc6c7ccnc(-c8ccccc8)c7ccn56)C4)c3ccn12. The molecule has 9 aromatic heterocycles. The predicted molar refractivity (Wildman–Crippen MR) is 320 cm³/mol. The van der Waals surface area contributed by atoms with Crippen LogP contribution >= 0.6 is 0 Å². The molecule has 2 aliphatic rings. The molecule has 0 amide bonds. The first kappa shape index (κ1) is 51.2. The average Bonchev–Trinajstić information content (AvgIpc) is 4.11. The third-order valence-corrected chi connectivity index (χ3v) is 17.9. The molecule has 3 unspecified atom stereocenters. The number of benzene rings is 2. The Morgan fingerprint density at radius 1 is 0.575 bits per heavy atom. The van der Waals surface area contributed by atoms with E-state index in [0.29, 0.717) is 29.0 Å². The predicted octanol–water partition coefficient (Wildman–Crippen LogP) is 13.7. The molecule has 3 atom stereocenters. The molecule has 402 valence electrons. The lowest BCUT2D eigenvalue weighted by Gasteiger charge is -2.31. The molecule has 0 bridgehead atoms. The lowest BCUT2D eigenvalue weighted by Crippen LogP contribution is -2.22. The largest absolute Gasteiger partial charge is 0.304 e. The minimum absolute atomic E-state index is 0.0736. The Hall–Kier alpha value is -8.25. The summed E-state index contributed by atoms with van der Waals surface area (Å²) in [6, 6.07) is 32.3. The lowest BCUT2D eigenvalue weighted by atomic mass is 9.75. The molecule has 11 aromatic rings. The zero-order valence-electron chi connectivity index (χ0n) is 46.5. The smallest absolute Gasteiger partial charge is 0.273 e. The van der Waals surface area contributed by atoms with Gasteiger partial charge in [-0.15, -0.1) is 0 Å². The fourth-order valence-corrected chi connectivity index (χ4v) is 14.2. The molecule has 0 aliphatic heterocycles. The van der Waals surface area contributed by atoms with Crippen LogP contribution in [0.4, 0.5) is 0 Å². The van der Waals surface area contributed by atoms with Crippen LogP contribution in [0, 0.1) is 31.1 Å². The van der Waals surface area contributed by atoms with Crippen molar-refractivity contribution in [3.8, 4) is 22.5 Å². The average molecular weight is 1060 g/mol. The quantitative estimate of drug-likeness (QED) is 0.103. The van der Waals surface area contributed by atoms with Crippen molar-refractivity contribution in [1.29, 1.82) is 0 Å². The normalized spacial score (nSPS) is 16.7. The molecule has 0 saturated heterocycles. The van der Waals surface area contributed by atoms with Crippen molar-refractivity contribution in [2.45, 2.75) is 130 Å². The summed E-state index contributed by atoms with van der Waals surface area (Å²) in [4.78, 5) is 68.3. The van der Waals surface area contributed by atoms with Crippen molar-refractivity contribution in [3.63, 3.8) is 0 Å². The summed E-state index contributed by atoms with van der Waals surface area (Å²) >= 11 is 0. The van der Waals surface area contributed by atoms with Gasteiger partial charge < -0.3 is 13.2 Å². The number of pyridine rings is 6. The van der Waals surface area contributed by atoms with Crippen LogP contribution in [0.25, 0.3) is 71.8 Å². The van der Waals surface area contributed by atoms with E-state index in [1.54, 1.807) is 18.2 Å². The van der Waals surface area contributed by atoms with Crippen LogP contribution < -0.4 is 16.7 Å². The zero-order valence-corrected chi connectivity index (χ0v) is 46.5. The Morgan fingerprint density at radius 2 is 1.12 bits per heavy atom. The number of rotatable bonds is 13. The van der Waals surface area contributed by atoms with Gasteiger partial charge in [-0.05, 0) is 148 Å². The fourth-order valence-electron chi connectivity index (χ4n) is 14.2. The molecule has 2 saturated carbocycles. The number of nitrogens with zero attached hydrogens (tertiary/aromatic N) is 9. The molecular weight excluding hydrogens is 991 g/mol. The first-order valence-corrected chi connectivity index (χ1v) is 28.9. The molecule has 12 heteroatoms. The van der Waals surface area contributed by atoms with Crippen molar-refractivity contribution in [2.24, 2.45) is 17.3 Å². The lowest BCUT2D eigenvalue weighted by molar-refractivity contribution is 0.268. The van der Waals surface area contributed by atoms with Gasteiger partial charge in [0.05, 0.1) is 11.4 Å². The molecule has 2 aromatic carbocycles. The summed E-state index contributed by atoms with van der Waals surface area (Å²) in [6.45, 7) is 11.3. The van der Waals surface area contributed by atoms with Gasteiger partial charge in [0.2, 0.25) is 0 Å². The second-order valence-electron chi connectivity index (χ2n) is 24.2. The monoisotopic (exact) mass is 1060 g/mol. The number of hydrogen-bond acceptors (Lipinski definition) is 9. The molecule has 0 N–H and O–H groups in total. The van der Waals surface area contributed by atoms with Gasteiger partial charge in [-0.2, -0.15) is 15.0 Å². The van der Waals surface area contributed by atoms with Crippen LogP contribution in [0.3, 0.4) is 0 Å². The van der Waals surface area contributed by atoms with E-state index in [-0.39, 0.29) is 28.0 Å². The Morgan fingerprint density at radius 3 is 1.80 bits per heavy atom. The van der Waals surface area contributed by atoms with Crippen LogP contribution in [0.15, 0.2) is 149 Å². The van der Waals surface area contributed by atoms with E-state index >= 15 is 0 Å². The van der Waals surface area contributed by atoms with E-state index < -0.39 is 0 Å². The van der Waals surface area contributed by atoms with Crippen LogP contribution in [0.5, 0.6) is 0 Å². The van der Waals surface area contributed by atoms with E-state index in [0.717, 1.165) is 165 Å². The Labute approximate surface area is 464 Å². The zero-order chi connectivity index (χ0) is 54.8. The topological polar surface area (TPSA) is 142 Å². The van der Waals surface area contributed by atoms with E-state index in [2.05, 4.69) is 124 Å². The van der Waals surface area contributed by atoms with E-state index in [9.17, 15) is 14.4 Å². The summed E-state index contributed by atoms with van der Waals surface area (Å²) in [6.07, 6.45) is 25.1. The third-order valence-electron chi connectivity index (χ3n) is 17.9. The molecule has 2 aliphatic carbocycles. The van der Waals surface area contributed by atoms with Crippen LogP contribution in [0.2, 0.25) is 0 Å². The third kappa shape index (κ3) is 9.66. The Balaban J connectivity index is 0.714. The molecular formula is C68H67N9O3. The van der Waals surface area contributed by atoms with Crippen molar-refractivity contribution in [2.75, 3.05) is 0 Å². The van der Waals surface area contributed by atoms with Gasteiger partial charge in [-0.1, -0.05) is 88.9 Å². The number of aromatic nitrogens is 9. The molecule has 13 rings (SSSR count). The summed E-state index contributed by atoms with van der Waals surface area (Å²) in [5.41, 5.74) is 12.7. The van der Waals surface area contributed by atoms with E-state index in [1.165, 1.54) is 18.4 Å². The highest BCUT2D eigenvalue weighted by Crippen LogP contribution is 2.41. The second kappa shape index (κ2) is 20.8. The fraction of sp³-hybridized carbons (Fsp3) is 0.338. The van der Waals surface area contributed by atoms with Gasteiger partial charge in [0, 0.05) is 128 Å². The summed E-state index contributed by atoms with van der Waals surface area (Å²) in [5.74, 6) is 1.48. The van der Waals surface area contributed by atoms with Gasteiger partial charge in [-0.3, -0.25) is 29.3 Å². The van der Waals surface area contributed by atoms with Crippen LogP contribution in [-0.4, -0.2) is 43.1 Å². The van der Waals surface area contributed by atoms with E-state index in [1.807, 2.05) is 55.0 Å². The van der Waals surface area contributed by atoms with Gasteiger partial charge in [0.15, 0.2) is 0 Å². The minimum Gasteiger partial charge on any atom is -0.304 e. The Bertz CT molecular complexity index is 4400. The maximum atomic E-state index is 13.6. The van der Waals surface area contributed by atoms with Gasteiger partial charge >= 0.3 is 0 Å². The number of aryl methyl sites for hydroxylation is 3. The minimum atomic E-state index is -0.269. The van der Waals surface area contributed by atoms with Crippen molar-refractivity contribution >= 4 is 49.3 Å². The van der Waals surface area contributed by atoms with E-state index in [4.69, 9.17) is 15.0 Å².